The van der Waals surface area contributed by atoms with Gasteiger partial charge in [-0.3, -0.25) is 0 Å². The van der Waals surface area contributed by atoms with E-state index in [9.17, 15) is 0 Å². The van der Waals surface area contributed by atoms with Crippen molar-refractivity contribution >= 4 is 38.7 Å². The SMILES string of the molecule is Cc1sc2ncnc(N[C@@H](C)c3nccs3)c2c1C. The molecule has 3 rings (SSSR count). The van der Waals surface area contributed by atoms with E-state index in [1.807, 2.05) is 11.6 Å². The van der Waals surface area contributed by atoms with Crippen LogP contribution >= 0.6 is 22.7 Å². The van der Waals surface area contributed by atoms with Gasteiger partial charge in [0.1, 0.15) is 22.0 Å². The van der Waals surface area contributed by atoms with Crippen LogP contribution in [0, 0.1) is 13.8 Å². The maximum atomic E-state index is 4.39. The molecule has 0 spiro atoms. The molecule has 0 aliphatic rings. The molecule has 0 aliphatic carbocycles. The number of hydrogen-bond acceptors (Lipinski definition) is 6. The Labute approximate surface area is 119 Å². The van der Waals surface area contributed by atoms with Gasteiger partial charge in [-0.25, -0.2) is 15.0 Å². The number of thiazole rings is 1. The summed E-state index contributed by atoms with van der Waals surface area (Å²) in [6.45, 7) is 6.34. The molecule has 0 aliphatic heterocycles. The highest BCUT2D eigenvalue weighted by Gasteiger charge is 2.15. The summed E-state index contributed by atoms with van der Waals surface area (Å²) in [5.74, 6) is 0.898. The fourth-order valence-electron chi connectivity index (χ4n) is 2.01. The van der Waals surface area contributed by atoms with Gasteiger partial charge in [0.2, 0.25) is 0 Å². The van der Waals surface area contributed by atoms with Crippen LogP contribution in [0.3, 0.4) is 0 Å². The number of nitrogens with zero attached hydrogens (tertiary/aromatic N) is 3. The van der Waals surface area contributed by atoms with E-state index in [-0.39, 0.29) is 6.04 Å². The van der Waals surface area contributed by atoms with Crippen LogP contribution in [-0.2, 0) is 0 Å². The number of fused-ring (bicyclic) bond motifs is 1. The zero-order chi connectivity index (χ0) is 13.4. The van der Waals surface area contributed by atoms with E-state index in [0.29, 0.717) is 0 Å². The maximum absolute atomic E-state index is 4.39. The summed E-state index contributed by atoms with van der Waals surface area (Å²) in [5.41, 5.74) is 1.26. The van der Waals surface area contributed by atoms with Crippen molar-refractivity contribution in [3.8, 4) is 0 Å². The average Bonchev–Trinajstić information content (AvgIpc) is 3.00. The molecule has 0 bridgehead atoms. The van der Waals surface area contributed by atoms with Crippen LogP contribution in [0.15, 0.2) is 17.9 Å². The van der Waals surface area contributed by atoms with Crippen LogP contribution in [0.4, 0.5) is 5.82 Å². The molecule has 0 radical (unpaired) electrons. The first-order valence-electron chi connectivity index (χ1n) is 6.03. The van der Waals surface area contributed by atoms with Crippen molar-refractivity contribution < 1.29 is 0 Å². The highest BCUT2D eigenvalue weighted by Crippen LogP contribution is 2.33. The molecule has 3 aromatic heterocycles. The summed E-state index contributed by atoms with van der Waals surface area (Å²) < 4.78 is 0. The van der Waals surface area contributed by atoms with E-state index >= 15 is 0 Å². The fourth-order valence-corrected chi connectivity index (χ4v) is 3.65. The van der Waals surface area contributed by atoms with E-state index < -0.39 is 0 Å². The number of hydrogen-bond donors (Lipinski definition) is 1. The molecule has 6 heteroatoms. The quantitative estimate of drug-likeness (QED) is 0.794. The van der Waals surface area contributed by atoms with Gasteiger partial charge in [-0.15, -0.1) is 22.7 Å². The maximum Gasteiger partial charge on any atom is 0.139 e. The topological polar surface area (TPSA) is 50.7 Å². The van der Waals surface area contributed by atoms with Gasteiger partial charge in [0.25, 0.3) is 0 Å². The van der Waals surface area contributed by atoms with E-state index in [0.717, 1.165) is 21.0 Å². The third-order valence-electron chi connectivity index (χ3n) is 3.14. The molecule has 1 atom stereocenters. The molecular formula is C13H14N4S2. The molecule has 0 unspecified atom stereocenters. The molecular weight excluding hydrogens is 276 g/mol. The molecule has 19 heavy (non-hydrogen) atoms. The zero-order valence-electron chi connectivity index (χ0n) is 11.0. The molecule has 0 aromatic carbocycles. The highest BCUT2D eigenvalue weighted by molar-refractivity contribution is 7.18. The van der Waals surface area contributed by atoms with Gasteiger partial charge in [-0.05, 0) is 26.3 Å². The van der Waals surface area contributed by atoms with Crippen molar-refractivity contribution in [1.82, 2.24) is 15.0 Å². The number of nitrogens with one attached hydrogen (secondary N) is 1. The van der Waals surface area contributed by atoms with Gasteiger partial charge in [-0.1, -0.05) is 0 Å². The molecule has 4 nitrogen and oxygen atoms in total. The molecule has 0 saturated carbocycles. The van der Waals surface area contributed by atoms with Gasteiger partial charge in [0.15, 0.2) is 0 Å². The zero-order valence-corrected chi connectivity index (χ0v) is 12.6. The summed E-state index contributed by atoms with van der Waals surface area (Å²) in [7, 11) is 0. The molecule has 3 heterocycles. The van der Waals surface area contributed by atoms with Crippen LogP contribution < -0.4 is 5.32 Å². The first-order chi connectivity index (χ1) is 9.16. The Balaban J connectivity index is 2.01. The number of aromatic nitrogens is 3. The van der Waals surface area contributed by atoms with Crippen LogP contribution in [0.1, 0.15) is 28.4 Å². The number of aryl methyl sites for hydroxylation is 2. The third kappa shape index (κ3) is 2.21. The Morgan fingerprint density at radius 2 is 2.05 bits per heavy atom. The van der Waals surface area contributed by atoms with Gasteiger partial charge in [-0.2, -0.15) is 0 Å². The lowest BCUT2D eigenvalue weighted by Gasteiger charge is -2.12. The van der Waals surface area contributed by atoms with Crippen molar-refractivity contribution in [3.63, 3.8) is 0 Å². The monoisotopic (exact) mass is 290 g/mol. The van der Waals surface area contributed by atoms with Gasteiger partial charge >= 0.3 is 0 Å². The van der Waals surface area contributed by atoms with Crippen molar-refractivity contribution in [2.24, 2.45) is 0 Å². The minimum atomic E-state index is 0.151. The summed E-state index contributed by atoms with van der Waals surface area (Å²) >= 11 is 3.36. The lowest BCUT2D eigenvalue weighted by atomic mass is 10.2. The predicted octanol–water partition coefficient (Wildman–Crippen LogP) is 3.94. The van der Waals surface area contributed by atoms with Crippen molar-refractivity contribution in [2.45, 2.75) is 26.8 Å². The van der Waals surface area contributed by atoms with E-state index in [2.05, 4.69) is 41.0 Å². The first-order valence-corrected chi connectivity index (χ1v) is 7.73. The summed E-state index contributed by atoms with van der Waals surface area (Å²) in [6.07, 6.45) is 3.45. The summed E-state index contributed by atoms with van der Waals surface area (Å²) in [6, 6.07) is 0.151. The average molecular weight is 290 g/mol. The van der Waals surface area contributed by atoms with Crippen molar-refractivity contribution in [3.05, 3.63) is 33.4 Å². The second kappa shape index (κ2) is 4.86. The molecule has 3 aromatic rings. The molecule has 0 fully saturated rings. The second-order valence-electron chi connectivity index (χ2n) is 4.42. The Bertz CT molecular complexity index is 703. The van der Waals surface area contributed by atoms with Gasteiger partial charge in [0.05, 0.1) is 11.4 Å². The number of thiophene rings is 1. The van der Waals surface area contributed by atoms with E-state index in [4.69, 9.17) is 0 Å². The third-order valence-corrected chi connectivity index (χ3v) is 5.21. The minimum Gasteiger partial charge on any atom is -0.360 e. The number of rotatable bonds is 3. The Morgan fingerprint density at radius 3 is 2.79 bits per heavy atom. The van der Waals surface area contributed by atoms with E-state index in [1.165, 1.54) is 10.4 Å². The van der Waals surface area contributed by atoms with Crippen molar-refractivity contribution in [1.29, 1.82) is 0 Å². The number of anilines is 1. The summed E-state index contributed by atoms with van der Waals surface area (Å²) in [4.78, 5) is 15.4. The first kappa shape index (κ1) is 12.5. The standard InChI is InChI=1S/C13H14N4S2/c1-7-9(3)19-13-10(7)11(15-6-16-13)17-8(2)12-14-4-5-18-12/h4-6,8H,1-3H3,(H,15,16,17)/t8-/m0/s1. The van der Waals surface area contributed by atoms with Crippen LogP contribution in [0.5, 0.6) is 0 Å². The normalized spacial score (nSPS) is 12.8. The predicted molar refractivity (Wildman–Crippen MR) is 81.0 cm³/mol. The minimum absolute atomic E-state index is 0.151. The van der Waals surface area contributed by atoms with Gasteiger partial charge < -0.3 is 5.32 Å². The Morgan fingerprint density at radius 1 is 1.21 bits per heavy atom. The lowest BCUT2D eigenvalue weighted by Crippen LogP contribution is -2.08. The molecule has 1 N–H and O–H groups in total. The van der Waals surface area contributed by atoms with Crippen LogP contribution in [0.2, 0.25) is 0 Å². The fraction of sp³-hybridized carbons (Fsp3) is 0.308. The van der Waals surface area contributed by atoms with Crippen LogP contribution in [-0.4, -0.2) is 15.0 Å². The second-order valence-corrected chi connectivity index (χ2v) is 6.55. The molecule has 98 valence electrons. The molecule has 0 saturated heterocycles. The smallest absolute Gasteiger partial charge is 0.139 e. The Kier molecular flexibility index (Phi) is 3.20. The Hall–Kier alpha value is -1.53. The summed E-state index contributed by atoms with van der Waals surface area (Å²) in [5, 5.41) is 7.63. The molecule has 0 amide bonds. The highest BCUT2D eigenvalue weighted by atomic mass is 32.1. The van der Waals surface area contributed by atoms with Crippen molar-refractivity contribution in [2.75, 3.05) is 5.32 Å². The lowest BCUT2D eigenvalue weighted by molar-refractivity contribution is 0.862. The van der Waals surface area contributed by atoms with E-state index in [1.54, 1.807) is 29.0 Å². The van der Waals surface area contributed by atoms with Gasteiger partial charge in [0, 0.05) is 16.5 Å². The largest absolute Gasteiger partial charge is 0.360 e. The van der Waals surface area contributed by atoms with Crippen LogP contribution in [0.25, 0.3) is 10.2 Å².